The van der Waals surface area contributed by atoms with Crippen molar-refractivity contribution < 1.29 is 17.9 Å². The third kappa shape index (κ3) is 5.35. The molecule has 154 valence electrons. The quantitative estimate of drug-likeness (QED) is 0.553. The first-order valence-corrected chi connectivity index (χ1v) is 8.66. The summed E-state index contributed by atoms with van der Waals surface area (Å²) < 4.78 is 44.0. The summed E-state index contributed by atoms with van der Waals surface area (Å²) >= 11 is 0. The summed E-state index contributed by atoms with van der Waals surface area (Å²) in [5, 5.41) is 13.0. The minimum absolute atomic E-state index is 0.121. The number of halogens is 3. The lowest BCUT2D eigenvalue weighted by atomic mass is 10.2. The van der Waals surface area contributed by atoms with Gasteiger partial charge in [-0.1, -0.05) is 0 Å². The number of rotatable bonds is 7. The Morgan fingerprint density at radius 2 is 1.93 bits per heavy atom. The van der Waals surface area contributed by atoms with E-state index in [1.165, 1.54) is 22.9 Å². The van der Waals surface area contributed by atoms with Crippen LogP contribution in [0.25, 0.3) is 5.69 Å². The third-order valence-corrected chi connectivity index (χ3v) is 3.81. The van der Waals surface area contributed by atoms with Gasteiger partial charge in [0.2, 0.25) is 5.95 Å². The van der Waals surface area contributed by atoms with E-state index in [2.05, 4.69) is 35.8 Å². The lowest BCUT2D eigenvalue weighted by molar-refractivity contribution is -0.274. The Morgan fingerprint density at radius 3 is 2.62 bits per heavy atom. The standard InChI is InChI=1S/C18H20F3N7O/c1-11-6-16(23-3)27-17(25-11)26-13-4-5-15(29-18(19,20)21)14(7-13)28-10-12(8-22-2)9-24-28/h4-7,9-10,22H,8H2,1-3H3,(H2,23,25,26,27). The maximum Gasteiger partial charge on any atom is 0.573 e. The van der Waals surface area contributed by atoms with E-state index in [1.54, 1.807) is 32.6 Å². The second-order valence-corrected chi connectivity index (χ2v) is 6.15. The van der Waals surface area contributed by atoms with E-state index in [0.717, 1.165) is 11.3 Å². The van der Waals surface area contributed by atoms with Crippen molar-refractivity contribution in [3.05, 3.63) is 47.9 Å². The van der Waals surface area contributed by atoms with Crippen LogP contribution in [0.5, 0.6) is 5.75 Å². The number of hydrogen-bond acceptors (Lipinski definition) is 7. The molecule has 29 heavy (non-hydrogen) atoms. The van der Waals surface area contributed by atoms with Crippen LogP contribution in [0.4, 0.5) is 30.6 Å². The molecule has 8 nitrogen and oxygen atoms in total. The molecule has 11 heteroatoms. The first-order valence-electron chi connectivity index (χ1n) is 8.66. The largest absolute Gasteiger partial charge is 0.573 e. The first-order chi connectivity index (χ1) is 13.8. The summed E-state index contributed by atoms with van der Waals surface area (Å²) in [5.74, 6) is 0.547. The molecular formula is C18H20F3N7O. The third-order valence-electron chi connectivity index (χ3n) is 3.81. The number of benzene rings is 1. The highest BCUT2D eigenvalue weighted by Crippen LogP contribution is 2.32. The van der Waals surface area contributed by atoms with Gasteiger partial charge < -0.3 is 20.7 Å². The molecule has 0 unspecified atom stereocenters. The fourth-order valence-corrected chi connectivity index (χ4v) is 2.65. The highest BCUT2D eigenvalue weighted by molar-refractivity contribution is 5.63. The van der Waals surface area contributed by atoms with Crippen molar-refractivity contribution in [3.8, 4) is 11.4 Å². The summed E-state index contributed by atoms with van der Waals surface area (Å²) in [6.45, 7) is 2.34. The van der Waals surface area contributed by atoms with Crippen LogP contribution in [-0.4, -0.2) is 40.2 Å². The minimum atomic E-state index is -4.83. The van der Waals surface area contributed by atoms with Gasteiger partial charge >= 0.3 is 6.36 Å². The second kappa shape index (κ2) is 8.35. The van der Waals surface area contributed by atoms with Gasteiger partial charge in [0.05, 0.1) is 6.20 Å². The molecule has 2 aromatic heterocycles. The van der Waals surface area contributed by atoms with Crippen molar-refractivity contribution in [2.45, 2.75) is 19.8 Å². The normalized spacial score (nSPS) is 11.4. The second-order valence-electron chi connectivity index (χ2n) is 6.15. The topological polar surface area (TPSA) is 88.9 Å². The number of hydrogen-bond donors (Lipinski definition) is 3. The summed E-state index contributed by atoms with van der Waals surface area (Å²) in [6, 6.07) is 5.93. The number of aromatic nitrogens is 4. The predicted octanol–water partition coefficient (Wildman–Crippen LogP) is 3.37. The van der Waals surface area contributed by atoms with Crippen molar-refractivity contribution in [1.29, 1.82) is 0 Å². The Balaban J connectivity index is 1.98. The monoisotopic (exact) mass is 407 g/mol. The summed E-state index contributed by atoms with van der Waals surface area (Å²) in [6.07, 6.45) is -1.63. The molecule has 0 radical (unpaired) electrons. The molecule has 0 amide bonds. The molecule has 0 bridgehead atoms. The van der Waals surface area contributed by atoms with E-state index in [-0.39, 0.29) is 11.4 Å². The number of nitrogens with zero attached hydrogens (tertiary/aromatic N) is 4. The average molecular weight is 407 g/mol. The Hall–Kier alpha value is -3.34. The highest BCUT2D eigenvalue weighted by Gasteiger charge is 2.32. The van der Waals surface area contributed by atoms with Crippen LogP contribution < -0.4 is 20.7 Å². The van der Waals surface area contributed by atoms with Gasteiger partial charge in [0.25, 0.3) is 0 Å². The summed E-state index contributed by atoms with van der Waals surface area (Å²) in [5.41, 5.74) is 2.14. The maximum atomic E-state index is 12.8. The van der Waals surface area contributed by atoms with Crippen molar-refractivity contribution in [1.82, 2.24) is 25.1 Å². The SMILES string of the molecule is CNCc1cnn(-c2cc(Nc3nc(C)cc(NC)n3)ccc2OC(F)(F)F)c1. The lowest BCUT2D eigenvalue weighted by Gasteiger charge is -2.15. The van der Waals surface area contributed by atoms with Gasteiger partial charge in [0.1, 0.15) is 11.5 Å². The van der Waals surface area contributed by atoms with Crippen LogP contribution in [0, 0.1) is 6.92 Å². The molecule has 3 aromatic rings. The Kier molecular flexibility index (Phi) is 5.87. The molecule has 0 aliphatic carbocycles. The molecule has 1 aromatic carbocycles. The number of nitrogens with one attached hydrogen (secondary N) is 3. The van der Waals surface area contributed by atoms with Crippen molar-refractivity contribution in [2.24, 2.45) is 0 Å². The van der Waals surface area contributed by atoms with Crippen LogP contribution in [0.3, 0.4) is 0 Å². The molecule has 0 saturated carbocycles. The first kappa shape index (κ1) is 20.4. The van der Waals surface area contributed by atoms with E-state index < -0.39 is 6.36 Å². The number of aryl methyl sites for hydroxylation is 1. The van der Waals surface area contributed by atoms with Crippen LogP contribution in [0.2, 0.25) is 0 Å². The van der Waals surface area contributed by atoms with E-state index in [1.807, 2.05) is 6.92 Å². The van der Waals surface area contributed by atoms with Gasteiger partial charge in [-0.05, 0) is 32.2 Å². The Bertz CT molecular complexity index is 988. The average Bonchev–Trinajstić information content (AvgIpc) is 3.10. The molecule has 0 aliphatic heterocycles. The zero-order valence-corrected chi connectivity index (χ0v) is 16.0. The zero-order valence-electron chi connectivity index (χ0n) is 16.0. The molecule has 0 atom stereocenters. The van der Waals surface area contributed by atoms with Gasteiger partial charge in [0, 0.05) is 42.8 Å². The summed E-state index contributed by atoms with van der Waals surface area (Å²) in [7, 11) is 3.49. The Morgan fingerprint density at radius 1 is 1.14 bits per heavy atom. The molecule has 3 rings (SSSR count). The fourth-order valence-electron chi connectivity index (χ4n) is 2.65. The lowest BCUT2D eigenvalue weighted by Crippen LogP contribution is -2.18. The Labute approximate surface area is 165 Å². The van der Waals surface area contributed by atoms with Gasteiger partial charge in [-0.15, -0.1) is 13.2 Å². The molecule has 3 N–H and O–H groups in total. The van der Waals surface area contributed by atoms with Gasteiger partial charge in [0.15, 0.2) is 5.75 Å². The fraction of sp³-hybridized carbons (Fsp3) is 0.278. The smallest absolute Gasteiger partial charge is 0.403 e. The highest BCUT2D eigenvalue weighted by atomic mass is 19.4. The van der Waals surface area contributed by atoms with Crippen LogP contribution in [0.15, 0.2) is 36.7 Å². The zero-order chi connectivity index (χ0) is 21.0. The van der Waals surface area contributed by atoms with Crippen LogP contribution in [0.1, 0.15) is 11.3 Å². The molecule has 0 saturated heterocycles. The molecule has 0 spiro atoms. The van der Waals surface area contributed by atoms with Crippen LogP contribution >= 0.6 is 0 Å². The number of anilines is 3. The molecular weight excluding hydrogens is 387 g/mol. The van der Waals surface area contributed by atoms with E-state index in [9.17, 15) is 13.2 Å². The molecule has 2 heterocycles. The van der Waals surface area contributed by atoms with E-state index in [0.29, 0.717) is 24.0 Å². The van der Waals surface area contributed by atoms with Gasteiger partial charge in [-0.2, -0.15) is 10.1 Å². The van der Waals surface area contributed by atoms with Crippen molar-refractivity contribution in [3.63, 3.8) is 0 Å². The molecule has 0 aliphatic rings. The minimum Gasteiger partial charge on any atom is -0.403 e. The van der Waals surface area contributed by atoms with E-state index >= 15 is 0 Å². The van der Waals surface area contributed by atoms with Gasteiger partial charge in [-0.25, -0.2) is 9.67 Å². The maximum absolute atomic E-state index is 12.8. The van der Waals surface area contributed by atoms with Crippen LogP contribution in [-0.2, 0) is 6.54 Å². The predicted molar refractivity (Wildman–Crippen MR) is 103 cm³/mol. The van der Waals surface area contributed by atoms with Crippen molar-refractivity contribution >= 4 is 17.5 Å². The van der Waals surface area contributed by atoms with Crippen molar-refractivity contribution in [2.75, 3.05) is 24.7 Å². The van der Waals surface area contributed by atoms with Gasteiger partial charge in [-0.3, -0.25) is 0 Å². The van der Waals surface area contributed by atoms with E-state index in [4.69, 9.17) is 0 Å². The summed E-state index contributed by atoms with van der Waals surface area (Å²) in [4.78, 5) is 8.57. The number of alkyl halides is 3. The molecule has 0 fully saturated rings. The number of ether oxygens (including phenoxy) is 1.